The molecule has 0 fully saturated rings. The molecule has 0 saturated carbocycles. The van der Waals surface area contributed by atoms with Crippen molar-refractivity contribution < 1.29 is 0 Å². The molecule has 2 rings (SSSR count). The van der Waals surface area contributed by atoms with Gasteiger partial charge < -0.3 is 0 Å². The van der Waals surface area contributed by atoms with Crippen LogP contribution in [0, 0.1) is 0 Å². The van der Waals surface area contributed by atoms with Gasteiger partial charge in [-0.2, -0.15) is 0 Å². The standard InChI is InChI=1S/C12H11Cl/c1-2-12(13)9-5-7-10-6-3-4-8-11(10)12/h2-8H,1,9H2. The third-order valence-corrected chi connectivity index (χ3v) is 2.96. The average Bonchev–Trinajstić information content (AvgIpc) is 2.19. The highest BCUT2D eigenvalue weighted by Gasteiger charge is 2.28. The zero-order valence-electron chi connectivity index (χ0n) is 7.33. The molecule has 0 aliphatic heterocycles. The second-order valence-corrected chi connectivity index (χ2v) is 3.93. The highest BCUT2D eigenvalue weighted by molar-refractivity contribution is 6.25. The lowest BCUT2D eigenvalue weighted by Crippen LogP contribution is -2.17. The SMILES string of the molecule is C=CC1(Cl)CC=Cc2ccccc21. The number of alkyl halides is 1. The Labute approximate surface area is 83.5 Å². The molecule has 0 radical (unpaired) electrons. The zero-order valence-corrected chi connectivity index (χ0v) is 8.09. The van der Waals surface area contributed by atoms with Crippen LogP contribution in [0.3, 0.4) is 0 Å². The summed E-state index contributed by atoms with van der Waals surface area (Å²) >= 11 is 6.42. The predicted molar refractivity (Wildman–Crippen MR) is 57.8 cm³/mol. The lowest BCUT2D eigenvalue weighted by atomic mass is 9.86. The maximum Gasteiger partial charge on any atom is 0.0912 e. The summed E-state index contributed by atoms with van der Waals surface area (Å²) in [4.78, 5) is -0.397. The molecule has 1 unspecified atom stereocenters. The summed E-state index contributed by atoms with van der Waals surface area (Å²) in [5, 5.41) is 0. The van der Waals surface area contributed by atoms with Crippen molar-refractivity contribution in [3.8, 4) is 0 Å². The molecule has 0 saturated heterocycles. The Kier molecular flexibility index (Phi) is 2.01. The fourth-order valence-corrected chi connectivity index (χ4v) is 1.94. The monoisotopic (exact) mass is 190 g/mol. The predicted octanol–water partition coefficient (Wildman–Crippen LogP) is 3.72. The minimum atomic E-state index is -0.397. The maximum absolute atomic E-state index is 6.42. The Balaban J connectivity index is 2.61. The van der Waals surface area contributed by atoms with Crippen LogP contribution in [0.15, 0.2) is 43.0 Å². The summed E-state index contributed by atoms with van der Waals surface area (Å²) in [6.07, 6.45) is 6.85. The molecule has 66 valence electrons. The zero-order chi connectivity index (χ0) is 9.31. The van der Waals surface area contributed by atoms with Crippen LogP contribution >= 0.6 is 11.6 Å². The summed E-state index contributed by atoms with van der Waals surface area (Å²) in [6, 6.07) is 8.17. The van der Waals surface area contributed by atoms with Crippen LogP contribution in [0.5, 0.6) is 0 Å². The van der Waals surface area contributed by atoms with E-state index >= 15 is 0 Å². The van der Waals surface area contributed by atoms with E-state index in [-0.39, 0.29) is 0 Å². The van der Waals surface area contributed by atoms with Gasteiger partial charge >= 0.3 is 0 Å². The van der Waals surface area contributed by atoms with E-state index < -0.39 is 4.87 Å². The number of rotatable bonds is 1. The Morgan fingerprint density at radius 1 is 1.38 bits per heavy atom. The molecule has 0 heterocycles. The Bertz CT molecular complexity index is 365. The summed E-state index contributed by atoms with van der Waals surface area (Å²) in [5.74, 6) is 0. The molecular weight excluding hydrogens is 180 g/mol. The van der Waals surface area contributed by atoms with Gasteiger partial charge in [0.2, 0.25) is 0 Å². The molecule has 1 aromatic rings. The van der Waals surface area contributed by atoms with Gasteiger partial charge in [0.05, 0.1) is 4.87 Å². The van der Waals surface area contributed by atoms with E-state index in [1.807, 2.05) is 18.2 Å². The van der Waals surface area contributed by atoms with Gasteiger partial charge in [-0.15, -0.1) is 18.2 Å². The molecule has 0 spiro atoms. The van der Waals surface area contributed by atoms with Crippen LogP contribution < -0.4 is 0 Å². The molecule has 1 aliphatic carbocycles. The van der Waals surface area contributed by atoms with Gasteiger partial charge in [0, 0.05) is 0 Å². The largest absolute Gasteiger partial charge is 0.109 e. The first-order valence-corrected chi connectivity index (χ1v) is 4.73. The molecule has 1 heteroatoms. The number of allylic oxidation sites excluding steroid dienone is 2. The van der Waals surface area contributed by atoms with Gasteiger partial charge in [0.25, 0.3) is 0 Å². The molecule has 1 atom stereocenters. The second kappa shape index (κ2) is 3.04. The van der Waals surface area contributed by atoms with E-state index in [0.29, 0.717) is 0 Å². The Morgan fingerprint density at radius 2 is 2.15 bits per heavy atom. The molecule has 1 aromatic carbocycles. The minimum Gasteiger partial charge on any atom is -0.109 e. The van der Waals surface area contributed by atoms with Crippen molar-refractivity contribution in [2.45, 2.75) is 11.3 Å². The molecule has 0 nitrogen and oxygen atoms in total. The van der Waals surface area contributed by atoms with E-state index in [2.05, 4.69) is 30.9 Å². The normalized spacial score (nSPS) is 25.3. The van der Waals surface area contributed by atoms with Gasteiger partial charge in [-0.1, -0.05) is 42.5 Å². The van der Waals surface area contributed by atoms with Crippen molar-refractivity contribution in [3.05, 3.63) is 54.1 Å². The quantitative estimate of drug-likeness (QED) is 0.468. The van der Waals surface area contributed by atoms with Crippen LogP contribution in [0.4, 0.5) is 0 Å². The number of halogens is 1. The van der Waals surface area contributed by atoms with Crippen LogP contribution in [-0.4, -0.2) is 0 Å². The van der Waals surface area contributed by atoms with Gasteiger partial charge in [0.15, 0.2) is 0 Å². The Morgan fingerprint density at radius 3 is 2.92 bits per heavy atom. The first-order chi connectivity index (χ1) is 6.26. The van der Waals surface area contributed by atoms with Crippen molar-refractivity contribution in [1.82, 2.24) is 0 Å². The highest BCUT2D eigenvalue weighted by atomic mass is 35.5. The van der Waals surface area contributed by atoms with Crippen LogP contribution in [0.25, 0.3) is 6.08 Å². The van der Waals surface area contributed by atoms with Crippen LogP contribution in [0.1, 0.15) is 17.5 Å². The van der Waals surface area contributed by atoms with E-state index in [1.54, 1.807) is 0 Å². The van der Waals surface area contributed by atoms with Crippen molar-refractivity contribution in [2.24, 2.45) is 0 Å². The molecular formula is C12H11Cl. The molecule has 13 heavy (non-hydrogen) atoms. The number of benzene rings is 1. The molecule has 0 N–H and O–H groups in total. The highest BCUT2D eigenvalue weighted by Crippen LogP contribution is 2.39. The van der Waals surface area contributed by atoms with Crippen molar-refractivity contribution in [1.29, 1.82) is 0 Å². The lowest BCUT2D eigenvalue weighted by molar-refractivity contribution is 0.764. The minimum absolute atomic E-state index is 0.397. The van der Waals surface area contributed by atoms with Gasteiger partial charge in [-0.05, 0) is 17.5 Å². The average molecular weight is 191 g/mol. The third-order valence-electron chi connectivity index (χ3n) is 2.44. The summed E-state index contributed by atoms with van der Waals surface area (Å²) in [5.41, 5.74) is 2.36. The molecule has 0 aromatic heterocycles. The molecule has 0 bridgehead atoms. The van der Waals surface area contributed by atoms with Crippen molar-refractivity contribution in [2.75, 3.05) is 0 Å². The Hall–Kier alpha value is -1.01. The number of fused-ring (bicyclic) bond motifs is 1. The summed E-state index contributed by atoms with van der Waals surface area (Å²) in [7, 11) is 0. The van der Waals surface area contributed by atoms with E-state index in [1.165, 1.54) is 5.56 Å². The fourth-order valence-electron chi connectivity index (χ4n) is 1.68. The fraction of sp³-hybridized carbons (Fsp3) is 0.167. The van der Waals surface area contributed by atoms with E-state index in [4.69, 9.17) is 11.6 Å². The molecule has 1 aliphatic rings. The third kappa shape index (κ3) is 1.31. The van der Waals surface area contributed by atoms with E-state index in [9.17, 15) is 0 Å². The number of hydrogen-bond donors (Lipinski definition) is 0. The van der Waals surface area contributed by atoms with Gasteiger partial charge in [-0.25, -0.2) is 0 Å². The first-order valence-electron chi connectivity index (χ1n) is 4.35. The summed E-state index contributed by atoms with van der Waals surface area (Å²) in [6.45, 7) is 3.79. The smallest absolute Gasteiger partial charge is 0.0912 e. The van der Waals surface area contributed by atoms with Crippen LogP contribution in [-0.2, 0) is 4.87 Å². The van der Waals surface area contributed by atoms with Gasteiger partial charge in [0.1, 0.15) is 0 Å². The lowest BCUT2D eigenvalue weighted by Gasteiger charge is -2.27. The van der Waals surface area contributed by atoms with Gasteiger partial charge in [-0.3, -0.25) is 0 Å². The van der Waals surface area contributed by atoms with E-state index in [0.717, 1.165) is 12.0 Å². The second-order valence-electron chi connectivity index (χ2n) is 3.26. The van der Waals surface area contributed by atoms with Crippen LogP contribution in [0.2, 0.25) is 0 Å². The number of hydrogen-bond acceptors (Lipinski definition) is 0. The van der Waals surface area contributed by atoms with Crippen molar-refractivity contribution in [3.63, 3.8) is 0 Å². The summed E-state index contributed by atoms with van der Waals surface area (Å²) < 4.78 is 0. The van der Waals surface area contributed by atoms with Crippen molar-refractivity contribution >= 4 is 17.7 Å². The first kappa shape index (κ1) is 8.58. The molecule has 0 amide bonds. The maximum atomic E-state index is 6.42. The topological polar surface area (TPSA) is 0 Å².